The van der Waals surface area contributed by atoms with Crippen molar-refractivity contribution in [3.05, 3.63) is 79.7 Å². The molecule has 2 N–H and O–H groups in total. The van der Waals surface area contributed by atoms with Gasteiger partial charge in [-0.25, -0.2) is 4.79 Å². The maximum Gasteiger partial charge on any atom is 0.337 e. The largest absolute Gasteiger partial charge is 0.478 e. The van der Waals surface area contributed by atoms with Crippen LogP contribution in [0.3, 0.4) is 0 Å². The molecule has 0 unspecified atom stereocenters. The molecule has 3 rings (SSSR count). The molecule has 130 valence electrons. The van der Waals surface area contributed by atoms with Gasteiger partial charge in [0.1, 0.15) is 11.8 Å². The third kappa shape index (κ3) is 3.83. The van der Waals surface area contributed by atoms with Crippen LogP contribution < -0.4 is 10.7 Å². The first kappa shape index (κ1) is 17.9. The Morgan fingerprint density at radius 3 is 2.69 bits per heavy atom. The highest BCUT2D eigenvalue weighted by molar-refractivity contribution is 14.1. The van der Waals surface area contributed by atoms with Crippen LogP contribution in [0.4, 0.5) is 5.69 Å². The molecule has 1 aromatic heterocycles. The van der Waals surface area contributed by atoms with Gasteiger partial charge in [0, 0.05) is 9.65 Å². The minimum Gasteiger partial charge on any atom is -0.478 e. The van der Waals surface area contributed by atoms with Gasteiger partial charge in [-0.2, -0.15) is 0 Å². The van der Waals surface area contributed by atoms with Crippen molar-refractivity contribution in [1.82, 2.24) is 0 Å². The van der Waals surface area contributed by atoms with E-state index in [1.165, 1.54) is 24.5 Å². The maximum atomic E-state index is 12.4. The maximum absolute atomic E-state index is 12.4. The van der Waals surface area contributed by atoms with Gasteiger partial charge >= 0.3 is 5.97 Å². The molecule has 0 aliphatic rings. The molecule has 0 atom stereocenters. The van der Waals surface area contributed by atoms with E-state index in [4.69, 9.17) is 4.42 Å². The van der Waals surface area contributed by atoms with Crippen LogP contribution in [0.1, 0.15) is 15.9 Å². The average molecular weight is 461 g/mol. The van der Waals surface area contributed by atoms with E-state index < -0.39 is 11.9 Å². The molecule has 7 heteroatoms. The summed E-state index contributed by atoms with van der Waals surface area (Å²) in [4.78, 5) is 35.7. The lowest BCUT2D eigenvalue weighted by atomic mass is 10.1. The Labute approximate surface area is 161 Å². The zero-order chi connectivity index (χ0) is 18.7. The van der Waals surface area contributed by atoms with Crippen LogP contribution >= 0.6 is 22.6 Å². The summed E-state index contributed by atoms with van der Waals surface area (Å²) < 4.78 is 6.11. The van der Waals surface area contributed by atoms with Crippen molar-refractivity contribution >= 4 is 57.2 Å². The first-order valence-corrected chi connectivity index (χ1v) is 8.56. The molecule has 0 aliphatic heterocycles. The lowest BCUT2D eigenvalue weighted by Crippen LogP contribution is -2.12. The van der Waals surface area contributed by atoms with E-state index in [0.29, 0.717) is 11.0 Å². The second kappa shape index (κ2) is 7.52. The lowest BCUT2D eigenvalue weighted by Gasteiger charge is -2.07. The number of anilines is 1. The zero-order valence-corrected chi connectivity index (χ0v) is 15.4. The number of aromatic carboxylic acids is 1. The van der Waals surface area contributed by atoms with Crippen molar-refractivity contribution in [3.63, 3.8) is 0 Å². The molecule has 0 fully saturated rings. The smallest absolute Gasteiger partial charge is 0.337 e. The van der Waals surface area contributed by atoms with Gasteiger partial charge in [-0.1, -0.05) is 12.1 Å². The third-order valence-electron chi connectivity index (χ3n) is 3.59. The predicted octanol–water partition coefficient (Wildman–Crippen LogP) is 3.75. The summed E-state index contributed by atoms with van der Waals surface area (Å²) in [6, 6.07) is 11.5. The third-order valence-corrected chi connectivity index (χ3v) is 4.26. The van der Waals surface area contributed by atoms with Crippen molar-refractivity contribution in [2.24, 2.45) is 0 Å². The molecule has 2 aromatic carbocycles. The number of para-hydroxylation sites is 1. The number of hydrogen-bond acceptors (Lipinski definition) is 4. The molecule has 3 aromatic rings. The van der Waals surface area contributed by atoms with Gasteiger partial charge in [0.2, 0.25) is 5.91 Å². The minimum absolute atomic E-state index is 0.0103. The standard InChI is InChI=1S/C19H12INO5/c20-12-6-7-15(14(9-12)19(24)25)21-17(22)8-5-11-10-26-16-4-2-1-3-13(16)18(11)23/h1-10H,(H,21,22)(H,24,25)/b8-5+. The number of carbonyl (C=O) groups is 2. The van der Waals surface area contributed by atoms with Crippen molar-refractivity contribution in [2.45, 2.75) is 0 Å². The molecule has 26 heavy (non-hydrogen) atoms. The first-order valence-electron chi connectivity index (χ1n) is 7.48. The SMILES string of the molecule is O=C(/C=C/c1coc2ccccc2c1=O)Nc1ccc(I)cc1C(=O)O. The number of carboxylic acid groups (broad SMARTS) is 1. The van der Waals surface area contributed by atoms with Gasteiger partial charge in [0.05, 0.1) is 22.2 Å². The zero-order valence-electron chi connectivity index (χ0n) is 13.2. The summed E-state index contributed by atoms with van der Waals surface area (Å²) in [6.07, 6.45) is 3.77. The highest BCUT2D eigenvalue weighted by atomic mass is 127. The molecule has 1 amide bonds. The van der Waals surface area contributed by atoms with Gasteiger partial charge in [0.15, 0.2) is 5.43 Å². The second-order valence-electron chi connectivity index (χ2n) is 5.33. The van der Waals surface area contributed by atoms with Crippen LogP contribution in [0.5, 0.6) is 0 Å². The number of hydrogen-bond donors (Lipinski definition) is 2. The molecule has 0 bridgehead atoms. The number of carbonyl (C=O) groups excluding carboxylic acids is 1. The van der Waals surface area contributed by atoms with E-state index >= 15 is 0 Å². The van der Waals surface area contributed by atoms with Crippen LogP contribution in [0.15, 0.2) is 64.0 Å². The summed E-state index contributed by atoms with van der Waals surface area (Å²) in [7, 11) is 0. The fraction of sp³-hybridized carbons (Fsp3) is 0. The van der Waals surface area contributed by atoms with Crippen LogP contribution in [0, 0.1) is 3.57 Å². The topological polar surface area (TPSA) is 96.6 Å². The van der Waals surface area contributed by atoms with E-state index in [9.17, 15) is 19.5 Å². The summed E-state index contributed by atoms with van der Waals surface area (Å²) in [6.45, 7) is 0. The summed E-state index contributed by atoms with van der Waals surface area (Å²) >= 11 is 1.99. The van der Waals surface area contributed by atoms with E-state index in [1.54, 1.807) is 30.3 Å². The Hall–Kier alpha value is -2.94. The van der Waals surface area contributed by atoms with Gasteiger partial charge < -0.3 is 14.8 Å². The normalized spacial score (nSPS) is 11.0. The van der Waals surface area contributed by atoms with Gasteiger partial charge in [-0.15, -0.1) is 0 Å². The highest BCUT2D eigenvalue weighted by Crippen LogP contribution is 2.19. The van der Waals surface area contributed by atoms with Gasteiger partial charge in [-0.05, 0) is 59.0 Å². The number of nitrogens with one attached hydrogen (secondary N) is 1. The number of amides is 1. The Balaban J connectivity index is 1.84. The molecular formula is C19H12INO5. The second-order valence-corrected chi connectivity index (χ2v) is 6.58. The van der Waals surface area contributed by atoms with E-state index in [-0.39, 0.29) is 22.2 Å². The van der Waals surface area contributed by atoms with Gasteiger partial charge in [-0.3, -0.25) is 9.59 Å². The molecular weight excluding hydrogens is 449 g/mol. The highest BCUT2D eigenvalue weighted by Gasteiger charge is 2.12. The Morgan fingerprint density at radius 2 is 1.92 bits per heavy atom. The number of benzene rings is 2. The Bertz CT molecular complexity index is 1100. The van der Waals surface area contributed by atoms with Crippen molar-refractivity contribution in [1.29, 1.82) is 0 Å². The average Bonchev–Trinajstić information content (AvgIpc) is 2.62. The molecule has 0 spiro atoms. The van der Waals surface area contributed by atoms with E-state index in [2.05, 4.69) is 5.32 Å². The molecule has 0 aliphatic carbocycles. The molecule has 0 saturated carbocycles. The minimum atomic E-state index is -1.14. The fourth-order valence-electron chi connectivity index (χ4n) is 2.35. The van der Waals surface area contributed by atoms with Crippen molar-refractivity contribution < 1.29 is 19.1 Å². The monoisotopic (exact) mass is 461 g/mol. The first-order chi connectivity index (χ1) is 12.5. The Kier molecular flexibility index (Phi) is 5.17. The quantitative estimate of drug-likeness (QED) is 0.456. The van der Waals surface area contributed by atoms with Crippen LogP contribution in [-0.2, 0) is 4.79 Å². The Morgan fingerprint density at radius 1 is 1.15 bits per heavy atom. The summed E-state index contributed by atoms with van der Waals surface area (Å²) in [5.74, 6) is -1.70. The predicted molar refractivity (Wildman–Crippen MR) is 106 cm³/mol. The van der Waals surface area contributed by atoms with Crippen LogP contribution in [0.25, 0.3) is 17.0 Å². The number of carboxylic acids is 1. The number of halogens is 1. The number of rotatable bonds is 4. The molecule has 0 radical (unpaired) electrons. The van der Waals surface area contributed by atoms with Crippen molar-refractivity contribution in [3.8, 4) is 0 Å². The summed E-state index contributed by atoms with van der Waals surface area (Å²) in [5.41, 5.74) is 0.599. The molecule has 0 saturated heterocycles. The van der Waals surface area contributed by atoms with Crippen LogP contribution in [0.2, 0.25) is 0 Å². The fourth-order valence-corrected chi connectivity index (χ4v) is 2.84. The lowest BCUT2D eigenvalue weighted by molar-refractivity contribution is -0.111. The number of fused-ring (bicyclic) bond motifs is 1. The summed E-state index contributed by atoms with van der Waals surface area (Å²) in [5, 5.41) is 12.1. The van der Waals surface area contributed by atoms with Crippen LogP contribution in [-0.4, -0.2) is 17.0 Å². The van der Waals surface area contributed by atoms with Crippen molar-refractivity contribution in [2.75, 3.05) is 5.32 Å². The molecule has 6 nitrogen and oxygen atoms in total. The molecule has 1 heterocycles. The van der Waals surface area contributed by atoms with E-state index in [0.717, 1.165) is 9.65 Å². The van der Waals surface area contributed by atoms with Gasteiger partial charge in [0.25, 0.3) is 0 Å². The van der Waals surface area contributed by atoms with E-state index in [1.807, 2.05) is 22.6 Å².